The number of rotatable bonds is 4. The van der Waals surface area contributed by atoms with Gasteiger partial charge in [-0.3, -0.25) is 0 Å². The molecule has 1 aromatic rings. The lowest BCUT2D eigenvalue weighted by Crippen LogP contribution is -2.33. The highest BCUT2D eigenvalue weighted by molar-refractivity contribution is 5.37. The van der Waals surface area contributed by atoms with Gasteiger partial charge in [-0.1, -0.05) is 0 Å². The normalized spacial score (nSPS) is 29.2. The molecule has 4 heteroatoms. The second-order valence-corrected chi connectivity index (χ2v) is 6.42. The van der Waals surface area contributed by atoms with Gasteiger partial charge < -0.3 is 10.2 Å². The van der Waals surface area contributed by atoms with Crippen molar-refractivity contribution in [2.75, 3.05) is 11.4 Å². The lowest BCUT2D eigenvalue weighted by Gasteiger charge is -2.27. The van der Waals surface area contributed by atoms with Gasteiger partial charge in [-0.15, -0.1) is 0 Å². The van der Waals surface area contributed by atoms with Crippen molar-refractivity contribution in [3.8, 4) is 0 Å². The van der Waals surface area contributed by atoms with Gasteiger partial charge in [-0.05, 0) is 44.9 Å². The summed E-state index contributed by atoms with van der Waals surface area (Å²) in [6.07, 6.45) is 8.78. The van der Waals surface area contributed by atoms with Crippen LogP contribution < -0.4 is 10.2 Å². The Morgan fingerprint density at radius 3 is 2.84 bits per heavy atom. The van der Waals surface area contributed by atoms with Gasteiger partial charge in [-0.25, -0.2) is 9.97 Å². The van der Waals surface area contributed by atoms with Crippen molar-refractivity contribution in [1.82, 2.24) is 15.3 Å². The summed E-state index contributed by atoms with van der Waals surface area (Å²) in [5.41, 5.74) is 2.39. The van der Waals surface area contributed by atoms with E-state index in [9.17, 15) is 0 Å². The fourth-order valence-corrected chi connectivity index (χ4v) is 3.50. The first-order chi connectivity index (χ1) is 9.29. The average Bonchev–Trinajstić information content (AvgIpc) is 3.00. The van der Waals surface area contributed by atoms with E-state index in [1.807, 2.05) is 6.20 Å². The molecule has 1 saturated heterocycles. The van der Waals surface area contributed by atoms with Gasteiger partial charge in [0.2, 0.25) is 5.95 Å². The fraction of sp³-hybridized carbons (Fsp3) is 0.733. The highest BCUT2D eigenvalue weighted by Gasteiger charge is 2.39. The average molecular weight is 258 g/mol. The van der Waals surface area contributed by atoms with E-state index in [0.717, 1.165) is 30.1 Å². The molecule has 19 heavy (non-hydrogen) atoms. The summed E-state index contributed by atoms with van der Waals surface area (Å²) < 4.78 is 0. The van der Waals surface area contributed by atoms with Gasteiger partial charge in [0.05, 0.1) is 0 Å². The number of fused-ring (bicyclic) bond motifs is 2. The predicted molar refractivity (Wildman–Crippen MR) is 75.1 cm³/mol. The Bertz CT molecular complexity index is 483. The van der Waals surface area contributed by atoms with Crippen LogP contribution in [0.1, 0.15) is 43.4 Å². The molecule has 1 aliphatic heterocycles. The first-order valence-electron chi connectivity index (χ1n) is 7.62. The number of anilines is 1. The van der Waals surface area contributed by atoms with Crippen LogP contribution in [0.25, 0.3) is 0 Å². The lowest BCUT2D eigenvalue weighted by atomic mass is 10.1. The largest absolute Gasteiger partial charge is 0.338 e. The number of aromatic nitrogens is 2. The molecule has 2 saturated carbocycles. The van der Waals surface area contributed by atoms with Crippen LogP contribution in [-0.4, -0.2) is 28.6 Å². The van der Waals surface area contributed by atoms with Crippen LogP contribution in [0.15, 0.2) is 6.20 Å². The molecular formula is C15H22N4. The van der Waals surface area contributed by atoms with Crippen LogP contribution in [0.3, 0.4) is 0 Å². The maximum absolute atomic E-state index is 4.75. The number of hydrogen-bond donors (Lipinski definition) is 1. The molecule has 4 rings (SSSR count). The summed E-state index contributed by atoms with van der Waals surface area (Å²) in [5, 5.41) is 3.54. The Labute approximate surface area is 114 Å². The molecule has 0 radical (unpaired) electrons. The monoisotopic (exact) mass is 258 g/mol. The third kappa shape index (κ3) is 2.22. The highest BCUT2D eigenvalue weighted by atomic mass is 15.3. The minimum atomic E-state index is 0.708. The Balaban J connectivity index is 1.49. The van der Waals surface area contributed by atoms with Crippen molar-refractivity contribution in [2.45, 2.75) is 57.7 Å². The molecule has 0 aromatic carbocycles. The van der Waals surface area contributed by atoms with Gasteiger partial charge >= 0.3 is 0 Å². The highest BCUT2D eigenvalue weighted by Crippen LogP contribution is 2.38. The van der Waals surface area contributed by atoms with Crippen LogP contribution in [0.2, 0.25) is 0 Å². The molecule has 2 heterocycles. The summed E-state index contributed by atoms with van der Waals surface area (Å²) in [4.78, 5) is 11.8. The zero-order chi connectivity index (χ0) is 12.8. The molecular weight excluding hydrogens is 236 g/mol. The molecule has 2 atom stereocenters. The first-order valence-corrected chi connectivity index (χ1v) is 7.62. The number of nitrogens with one attached hydrogen (secondary N) is 1. The zero-order valence-corrected chi connectivity index (χ0v) is 11.6. The zero-order valence-electron chi connectivity index (χ0n) is 11.6. The first kappa shape index (κ1) is 11.6. The van der Waals surface area contributed by atoms with Gasteiger partial charge in [0.1, 0.15) is 0 Å². The van der Waals surface area contributed by atoms with Crippen molar-refractivity contribution in [3.63, 3.8) is 0 Å². The Kier molecular flexibility index (Phi) is 2.72. The molecule has 2 aliphatic carbocycles. The topological polar surface area (TPSA) is 41.1 Å². The summed E-state index contributed by atoms with van der Waals surface area (Å²) >= 11 is 0. The molecule has 0 amide bonds. The second kappa shape index (κ2) is 4.44. The van der Waals surface area contributed by atoms with Crippen molar-refractivity contribution >= 4 is 5.95 Å². The number of aryl methyl sites for hydroxylation is 1. The lowest BCUT2D eigenvalue weighted by molar-refractivity contribution is 0.545. The van der Waals surface area contributed by atoms with Crippen LogP contribution in [0, 0.1) is 12.8 Å². The van der Waals surface area contributed by atoms with E-state index in [2.05, 4.69) is 22.1 Å². The fourth-order valence-electron chi connectivity index (χ4n) is 3.50. The summed E-state index contributed by atoms with van der Waals surface area (Å²) in [5.74, 6) is 1.85. The van der Waals surface area contributed by atoms with Crippen LogP contribution in [-0.2, 0) is 6.54 Å². The standard InChI is InChI=1S/C15H22N4/c1-10-12(7-16-13-3-4-13)8-17-15(18-10)19-9-11-2-5-14(19)6-11/h8,11,13-14,16H,2-7,9H2,1H3. The van der Waals surface area contributed by atoms with E-state index in [1.54, 1.807) is 0 Å². The molecule has 3 aliphatic rings. The maximum atomic E-state index is 4.75. The minimum Gasteiger partial charge on any atom is -0.338 e. The third-order valence-corrected chi connectivity index (χ3v) is 4.89. The molecule has 4 nitrogen and oxygen atoms in total. The number of hydrogen-bond acceptors (Lipinski definition) is 4. The maximum Gasteiger partial charge on any atom is 0.225 e. The molecule has 1 aromatic heterocycles. The molecule has 2 bridgehead atoms. The van der Waals surface area contributed by atoms with E-state index in [-0.39, 0.29) is 0 Å². The quantitative estimate of drug-likeness (QED) is 0.897. The SMILES string of the molecule is Cc1nc(N2CC3CCC2C3)ncc1CNC1CC1. The van der Waals surface area contributed by atoms with Gasteiger partial charge in [0, 0.05) is 42.6 Å². The molecule has 1 N–H and O–H groups in total. The molecule has 3 fully saturated rings. The summed E-state index contributed by atoms with van der Waals surface area (Å²) in [7, 11) is 0. The van der Waals surface area contributed by atoms with Gasteiger partial charge in [0.25, 0.3) is 0 Å². The Morgan fingerprint density at radius 2 is 2.21 bits per heavy atom. The Hall–Kier alpha value is -1.16. The molecule has 0 spiro atoms. The third-order valence-electron chi connectivity index (χ3n) is 4.89. The van der Waals surface area contributed by atoms with Crippen LogP contribution >= 0.6 is 0 Å². The van der Waals surface area contributed by atoms with Crippen molar-refractivity contribution in [1.29, 1.82) is 0 Å². The Morgan fingerprint density at radius 1 is 1.32 bits per heavy atom. The predicted octanol–water partition coefficient (Wildman–Crippen LogP) is 2.03. The van der Waals surface area contributed by atoms with Gasteiger partial charge in [0.15, 0.2) is 0 Å². The minimum absolute atomic E-state index is 0.708. The van der Waals surface area contributed by atoms with E-state index < -0.39 is 0 Å². The number of piperidine rings is 1. The van der Waals surface area contributed by atoms with Crippen LogP contribution in [0.5, 0.6) is 0 Å². The van der Waals surface area contributed by atoms with E-state index in [1.165, 1.54) is 44.2 Å². The van der Waals surface area contributed by atoms with E-state index >= 15 is 0 Å². The molecule has 2 unspecified atom stereocenters. The molecule has 102 valence electrons. The number of nitrogens with zero attached hydrogens (tertiary/aromatic N) is 3. The van der Waals surface area contributed by atoms with Crippen molar-refractivity contribution in [2.24, 2.45) is 5.92 Å². The van der Waals surface area contributed by atoms with Crippen LogP contribution in [0.4, 0.5) is 5.95 Å². The van der Waals surface area contributed by atoms with Crippen molar-refractivity contribution in [3.05, 3.63) is 17.5 Å². The van der Waals surface area contributed by atoms with E-state index in [0.29, 0.717) is 6.04 Å². The van der Waals surface area contributed by atoms with Gasteiger partial charge in [-0.2, -0.15) is 0 Å². The van der Waals surface area contributed by atoms with E-state index in [4.69, 9.17) is 4.98 Å². The summed E-state index contributed by atoms with van der Waals surface area (Å²) in [6.45, 7) is 4.20. The smallest absolute Gasteiger partial charge is 0.225 e. The summed E-state index contributed by atoms with van der Waals surface area (Å²) in [6, 6.07) is 1.45. The van der Waals surface area contributed by atoms with Crippen molar-refractivity contribution < 1.29 is 0 Å². The second-order valence-electron chi connectivity index (χ2n) is 6.42.